The number of hydrogen-bond acceptors (Lipinski definition) is 1. The fraction of sp³-hybridized carbons (Fsp3) is 0.950. The largest absolute Gasteiger partial charge is 0.342 e. The first-order valence-electron chi connectivity index (χ1n) is 9.69. The van der Waals surface area contributed by atoms with Crippen molar-refractivity contribution < 1.29 is 9.18 Å². The number of likely N-dealkylation sites (tertiary alicyclic amines) is 1. The Morgan fingerprint density at radius 2 is 1.78 bits per heavy atom. The number of carbonyl (C=O) groups excluding carboxylic acids is 1. The normalized spacial score (nSPS) is 56.0. The van der Waals surface area contributed by atoms with Gasteiger partial charge in [-0.25, -0.2) is 4.39 Å². The van der Waals surface area contributed by atoms with Crippen molar-refractivity contribution in [3.05, 3.63) is 0 Å². The minimum atomic E-state index is -0.596. The zero-order chi connectivity index (χ0) is 16.6. The third-order valence-corrected chi connectivity index (χ3v) is 8.82. The quantitative estimate of drug-likeness (QED) is 0.646. The highest BCUT2D eigenvalue weighted by atomic mass is 19.1. The van der Waals surface area contributed by atoms with Crippen LogP contribution < -0.4 is 0 Å². The average molecular weight is 321 g/mol. The van der Waals surface area contributed by atoms with Gasteiger partial charge < -0.3 is 4.90 Å². The summed E-state index contributed by atoms with van der Waals surface area (Å²) in [7, 11) is 2.01. The number of nitrogens with zero attached hydrogens (tertiary/aromatic N) is 1. The van der Waals surface area contributed by atoms with E-state index in [2.05, 4.69) is 25.7 Å². The van der Waals surface area contributed by atoms with E-state index in [0.717, 1.165) is 38.5 Å². The van der Waals surface area contributed by atoms with Crippen LogP contribution in [0, 0.1) is 34.5 Å². The minimum Gasteiger partial charge on any atom is -0.342 e. The summed E-state index contributed by atoms with van der Waals surface area (Å²) in [6.45, 7) is 7.04. The van der Waals surface area contributed by atoms with Gasteiger partial charge in [-0.1, -0.05) is 20.8 Å². The van der Waals surface area contributed by atoms with E-state index in [-0.39, 0.29) is 10.8 Å². The standard InChI is InChI=1S/C20H32FNO/c1-12-11-16-20(3,10-8-17(23)22(16)4)14-7-9-19(2)13(18(12)14)5-6-15(19)21/h12-16,18H,5-11H2,1-4H3/t12?,13-,14+,15?,16?,18-,19-,20+/m0/s1. The summed E-state index contributed by atoms with van der Waals surface area (Å²) >= 11 is 0. The first-order valence-corrected chi connectivity index (χ1v) is 9.69. The van der Waals surface area contributed by atoms with Crippen molar-refractivity contribution in [1.29, 1.82) is 0 Å². The molecule has 1 heterocycles. The molecule has 0 radical (unpaired) electrons. The molecule has 130 valence electrons. The van der Waals surface area contributed by atoms with E-state index in [1.165, 1.54) is 0 Å². The second kappa shape index (κ2) is 4.95. The lowest BCUT2D eigenvalue weighted by Crippen LogP contribution is -2.63. The van der Waals surface area contributed by atoms with Gasteiger partial charge in [0, 0.05) is 24.9 Å². The molecule has 4 fully saturated rings. The zero-order valence-corrected chi connectivity index (χ0v) is 15.1. The fourth-order valence-electron chi connectivity index (χ4n) is 7.40. The molecule has 3 saturated carbocycles. The maximum absolute atomic E-state index is 14.6. The van der Waals surface area contributed by atoms with E-state index in [9.17, 15) is 9.18 Å². The molecule has 8 atom stereocenters. The van der Waals surface area contributed by atoms with Crippen LogP contribution in [-0.2, 0) is 4.79 Å². The van der Waals surface area contributed by atoms with Gasteiger partial charge >= 0.3 is 0 Å². The highest BCUT2D eigenvalue weighted by Gasteiger charge is 2.63. The van der Waals surface area contributed by atoms with Gasteiger partial charge in [-0.05, 0) is 67.6 Å². The van der Waals surface area contributed by atoms with Crippen LogP contribution in [0.1, 0.15) is 65.7 Å². The lowest BCUT2D eigenvalue weighted by molar-refractivity contribution is -0.166. The number of amides is 1. The summed E-state index contributed by atoms with van der Waals surface area (Å²) in [6.07, 6.45) is 6.33. The number of fused-ring (bicyclic) bond motifs is 5. The minimum absolute atomic E-state index is 0.0744. The molecule has 3 aliphatic carbocycles. The summed E-state index contributed by atoms with van der Waals surface area (Å²) in [5.41, 5.74) is 0.171. The van der Waals surface area contributed by atoms with Crippen LogP contribution >= 0.6 is 0 Å². The maximum atomic E-state index is 14.6. The smallest absolute Gasteiger partial charge is 0.222 e. The molecule has 4 rings (SSSR count). The Morgan fingerprint density at radius 3 is 2.52 bits per heavy atom. The molecule has 1 saturated heterocycles. The summed E-state index contributed by atoms with van der Waals surface area (Å²) in [6, 6.07) is 0.395. The van der Waals surface area contributed by atoms with Crippen molar-refractivity contribution in [2.24, 2.45) is 34.5 Å². The predicted octanol–water partition coefficient (Wildman–Crippen LogP) is 4.43. The SMILES string of the molecule is CC1CC2N(C)C(=O)CC[C@]2(C)[C@@H]2CC[C@]3(C)C(F)CC[C@H]3[C@H]12. The van der Waals surface area contributed by atoms with Gasteiger partial charge in [0.25, 0.3) is 0 Å². The van der Waals surface area contributed by atoms with E-state index in [1.54, 1.807) is 0 Å². The Hall–Kier alpha value is -0.600. The van der Waals surface area contributed by atoms with Crippen LogP contribution in [0.4, 0.5) is 4.39 Å². The second-order valence-electron chi connectivity index (χ2n) is 9.62. The first kappa shape index (κ1) is 15.9. The Kier molecular flexibility index (Phi) is 3.42. The number of alkyl halides is 1. The summed E-state index contributed by atoms with van der Waals surface area (Å²) in [4.78, 5) is 14.3. The highest BCUT2D eigenvalue weighted by molar-refractivity contribution is 5.77. The average Bonchev–Trinajstić information content (AvgIpc) is 2.82. The third-order valence-electron chi connectivity index (χ3n) is 8.82. The molecular weight excluding hydrogens is 289 g/mol. The highest BCUT2D eigenvalue weighted by Crippen LogP contribution is 2.66. The monoisotopic (exact) mass is 321 g/mol. The molecule has 0 N–H and O–H groups in total. The lowest BCUT2D eigenvalue weighted by atomic mass is 9.45. The number of carbonyl (C=O) groups is 1. The molecule has 3 heteroatoms. The van der Waals surface area contributed by atoms with Crippen LogP contribution in [0.2, 0.25) is 0 Å². The van der Waals surface area contributed by atoms with Crippen molar-refractivity contribution >= 4 is 5.91 Å². The maximum Gasteiger partial charge on any atom is 0.222 e. The van der Waals surface area contributed by atoms with Gasteiger partial charge in [0.1, 0.15) is 6.17 Å². The van der Waals surface area contributed by atoms with Gasteiger partial charge in [-0.15, -0.1) is 0 Å². The second-order valence-corrected chi connectivity index (χ2v) is 9.62. The van der Waals surface area contributed by atoms with Crippen molar-refractivity contribution in [2.45, 2.75) is 77.9 Å². The van der Waals surface area contributed by atoms with Gasteiger partial charge in [-0.2, -0.15) is 0 Å². The van der Waals surface area contributed by atoms with Crippen molar-refractivity contribution in [3.63, 3.8) is 0 Å². The van der Waals surface area contributed by atoms with Crippen LogP contribution in [0.25, 0.3) is 0 Å². The molecule has 1 amide bonds. The molecule has 1 aliphatic heterocycles. The molecule has 3 unspecified atom stereocenters. The predicted molar refractivity (Wildman–Crippen MR) is 89.6 cm³/mol. The molecule has 0 spiro atoms. The Balaban J connectivity index is 1.70. The van der Waals surface area contributed by atoms with E-state index in [0.29, 0.717) is 42.0 Å². The summed E-state index contributed by atoms with van der Waals surface area (Å²) in [5, 5.41) is 0. The number of piperidine rings is 1. The Morgan fingerprint density at radius 1 is 1.09 bits per heavy atom. The molecule has 23 heavy (non-hydrogen) atoms. The molecule has 0 aromatic carbocycles. The van der Waals surface area contributed by atoms with E-state index < -0.39 is 6.17 Å². The molecule has 0 aromatic rings. The zero-order valence-electron chi connectivity index (χ0n) is 15.1. The topological polar surface area (TPSA) is 20.3 Å². The number of hydrogen-bond donors (Lipinski definition) is 0. The van der Waals surface area contributed by atoms with E-state index in [4.69, 9.17) is 0 Å². The molecule has 0 aromatic heterocycles. The van der Waals surface area contributed by atoms with Gasteiger partial charge in [-0.3, -0.25) is 4.79 Å². The van der Waals surface area contributed by atoms with Crippen molar-refractivity contribution in [1.82, 2.24) is 4.90 Å². The molecular formula is C20H32FNO. The molecule has 0 bridgehead atoms. The summed E-state index contributed by atoms with van der Waals surface area (Å²) in [5.74, 6) is 2.84. The van der Waals surface area contributed by atoms with Crippen molar-refractivity contribution in [2.75, 3.05) is 7.05 Å². The van der Waals surface area contributed by atoms with Crippen LogP contribution in [0.3, 0.4) is 0 Å². The number of halogens is 1. The first-order chi connectivity index (χ1) is 10.8. The fourth-order valence-corrected chi connectivity index (χ4v) is 7.40. The van der Waals surface area contributed by atoms with E-state index in [1.807, 2.05) is 7.05 Å². The van der Waals surface area contributed by atoms with Gasteiger partial charge in [0.2, 0.25) is 5.91 Å². The Bertz CT molecular complexity index is 522. The lowest BCUT2D eigenvalue weighted by Gasteiger charge is -2.63. The van der Waals surface area contributed by atoms with Crippen LogP contribution in [0.5, 0.6) is 0 Å². The van der Waals surface area contributed by atoms with Crippen LogP contribution in [-0.4, -0.2) is 30.1 Å². The van der Waals surface area contributed by atoms with Gasteiger partial charge in [0.15, 0.2) is 0 Å². The molecule has 2 nitrogen and oxygen atoms in total. The third kappa shape index (κ3) is 1.94. The Labute approximate surface area is 140 Å². The van der Waals surface area contributed by atoms with Gasteiger partial charge in [0.05, 0.1) is 0 Å². The van der Waals surface area contributed by atoms with Crippen LogP contribution in [0.15, 0.2) is 0 Å². The summed E-state index contributed by atoms with van der Waals surface area (Å²) < 4.78 is 14.6. The number of rotatable bonds is 0. The molecule has 4 aliphatic rings. The van der Waals surface area contributed by atoms with E-state index >= 15 is 0 Å². The van der Waals surface area contributed by atoms with Crippen molar-refractivity contribution in [3.8, 4) is 0 Å².